The molecule has 3 heteroatoms. The number of anilines is 1. The summed E-state index contributed by atoms with van der Waals surface area (Å²) < 4.78 is 0. The predicted octanol–water partition coefficient (Wildman–Crippen LogP) is 4.82. The minimum Gasteiger partial charge on any atom is -0.398 e. The molecule has 0 atom stereocenters. The van der Waals surface area contributed by atoms with E-state index in [4.69, 9.17) is 17.3 Å². The third kappa shape index (κ3) is 6.62. The number of nitrogens with two attached hydrogens (primary N) is 1. The molecule has 0 bridgehead atoms. The highest BCUT2D eigenvalue weighted by molar-refractivity contribution is 6.33. The largest absolute Gasteiger partial charge is 0.398 e. The van der Waals surface area contributed by atoms with Crippen LogP contribution in [-0.4, -0.2) is 18.0 Å². The Hall–Kier alpha value is -0.730. The molecule has 0 aliphatic carbocycles. The van der Waals surface area contributed by atoms with Gasteiger partial charge in [0.1, 0.15) is 0 Å². The maximum absolute atomic E-state index is 6.11. The Morgan fingerprint density at radius 1 is 1.05 bits per heavy atom. The molecule has 20 heavy (non-hydrogen) atoms. The minimum atomic E-state index is 0.659. The zero-order valence-corrected chi connectivity index (χ0v) is 14.1. The van der Waals surface area contributed by atoms with E-state index in [1.165, 1.54) is 18.4 Å². The summed E-state index contributed by atoms with van der Waals surface area (Å²) in [6.45, 7) is 12.4. The second-order valence-electron chi connectivity index (χ2n) is 6.50. The van der Waals surface area contributed by atoms with Crippen LogP contribution in [0.2, 0.25) is 5.02 Å². The molecule has 1 aromatic rings. The fourth-order valence-electron chi connectivity index (χ4n) is 2.08. The lowest BCUT2D eigenvalue weighted by molar-refractivity contribution is 0.236. The molecule has 114 valence electrons. The van der Waals surface area contributed by atoms with Gasteiger partial charge in [-0.05, 0) is 55.5 Å². The molecule has 1 rings (SSSR count). The van der Waals surface area contributed by atoms with Crippen molar-refractivity contribution in [3.63, 3.8) is 0 Å². The number of halogens is 1. The summed E-state index contributed by atoms with van der Waals surface area (Å²) in [6, 6.07) is 5.98. The van der Waals surface area contributed by atoms with Crippen LogP contribution in [0.3, 0.4) is 0 Å². The molecule has 0 saturated heterocycles. The van der Waals surface area contributed by atoms with Crippen molar-refractivity contribution in [3.05, 3.63) is 28.8 Å². The quantitative estimate of drug-likeness (QED) is 0.697. The highest BCUT2D eigenvalue weighted by atomic mass is 35.5. The number of rotatable bonds is 8. The lowest BCUT2D eigenvalue weighted by Gasteiger charge is -2.24. The lowest BCUT2D eigenvalue weighted by atomic mass is 10.1. The molecular formula is C17H29ClN2. The van der Waals surface area contributed by atoms with E-state index in [1.807, 2.05) is 12.1 Å². The molecule has 0 amide bonds. The van der Waals surface area contributed by atoms with Crippen molar-refractivity contribution in [1.82, 2.24) is 4.90 Å². The average molecular weight is 297 g/mol. The van der Waals surface area contributed by atoms with E-state index in [1.54, 1.807) is 0 Å². The topological polar surface area (TPSA) is 29.3 Å². The van der Waals surface area contributed by atoms with Crippen molar-refractivity contribution in [3.8, 4) is 0 Å². The van der Waals surface area contributed by atoms with Crippen molar-refractivity contribution >= 4 is 17.3 Å². The molecule has 0 unspecified atom stereocenters. The standard InChI is InChI=1S/C17H29ClN2/c1-13(2)7-9-20(10-8-14(3)4)12-15-5-6-17(19)16(18)11-15/h5-6,11,13-14H,7-10,12,19H2,1-4H3. The van der Waals surface area contributed by atoms with Gasteiger partial charge in [0.25, 0.3) is 0 Å². The first kappa shape index (κ1) is 17.3. The Bertz CT molecular complexity index is 390. The Morgan fingerprint density at radius 2 is 1.60 bits per heavy atom. The van der Waals surface area contributed by atoms with Gasteiger partial charge < -0.3 is 5.73 Å². The third-order valence-corrected chi connectivity index (χ3v) is 3.84. The van der Waals surface area contributed by atoms with Crippen LogP contribution in [0.5, 0.6) is 0 Å². The van der Waals surface area contributed by atoms with Gasteiger partial charge in [-0.3, -0.25) is 4.90 Å². The minimum absolute atomic E-state index is 0.659. The van der Waals surface area contributed by atoms with Gasteiger partial charge in [-0.2, -0.15) is 0 Å². The summed E-state index contributed by atoms with van der Waals surface area (Å²) in [6.07, 6.45) is 2.47. The first-order valence-corrected chi connectivity index (χ1v) is 8.02. The van der Waals surface area contributed by atoms with Crippen LogP contribution in [0.4, 0.5) is 5.69 Å². The van der Waals surface area contributed by atoms with E-state index < -0.39 is 0 Å². The Balaban J connectivity index is 2.63. The molecule has 0 aromatic heterocycles. The highest BCUT2D eigenvalue weighted by Gasteiger charge is 2.09. The normalized spacial score (nSPS) is 11.8. The Morgan fingerprint density at radius 3 is 2.05 bits per heavy atom. The second kappa shape index (κ2) is 8.53. The van der Waals surface area contributed by atoms with E-state index in [2.05, 4.69) is 38.7 Å². The molecule has 0 aliphatic rings. The van der Waals surface area contributed by atoms with Gasteiger partial charge in [0.15, 0.2) is 0 Å². The van der Waals surface area contributed by atoms with Gasteiger partial charge >= 0.3 is 0 Å². The van der Waals surface area contributed by atoms with E-state index in [-0.39, 0.29) is 0 Å². The monoisotopic (exact) mass is 296 g/mol. The lowest BCUT2D eigenvalue weighted by Crippen LogP contribution is -2.27. The van der Waals surface area contributed by atoms with Crippen LogP contribution < -0.4 is 5.73 Å². The molecule has 0 heterocycles. The van der Waals surface area contributed by atoms with Crippen molar-refractivity contribution in [2.24, 2.45) is 11.8 Å². The Kier molecular flexibility index (Phi) is 7.39. The fourth-order valence-corrected chi connectivity index (χ4v) is 2.28. The highest BCUT2D eigenvalue weighted by Crippen LogP contribution is 2.21. The Labute approximate surface area is 129 Å². The van der Waals surface area contributed by atoms with Crippen molar-refractivity contribution in [2.45, 2.75) is 47.1 Å². The summed E-state index contributed by atoms with van der Waals surface area (Å²) in [4.78, 5) is 2.53. The molecule has 2 N–H and O–H groups in total. The fraction of sp³-hybridized carbons (Fsp3) is 0.647. The van der Waals surface area contributed by atoms with E-state index in [0.717, 1.165) is 31.5 Å². The summed E-state index contributed by atoms with van der Waals surface area (Å²) >= 11 is 6.11. The van der Waals surface area contributed by atoms with Crippen molar-refractivity contribution in [2.75, 3.05) is 18.8 Å². The van der Waals surface area contributed by atoms with Crippen molar-refractivity contribution in [1.29, 1.82) is 0 Å². The molecule has 0 fully saturated rings. The van der Waals surface area contributed by atoms with Crippen LogP contribution >= 0.6 is 11.6 Å². The molecule has 0 radical (unpaired) electrons. The smallest absolute Gasteiger partial charge is 0.0638 e. The molecule has 0 aliphatic heterocycles. The van der Waals surface area contributed by atoms with Gasteiger partial charge in [0.2, 0.25) is 0 Å². The zero-order valence-electron chi connectivity index (χ0n) is 13.3. The number of hydrogen-bond donors (Lipinski definition) is 1. The van der Waals surface area contributed by atoms with E-state index >= 15 is 0 Å². The molecule has 1 aromatic carbocycles. The second-order valence-corrected chi connectivity index (χ2v) is 6.90. The molecular weight excluding hydrogens is 268 g/mol. The van der Waals surface area contributed by atoms with Gasteiger partial charge in [-0.15, -0.1) is 0 Å². The predicted molar refractivity (Wildman–Crippen MR) is 90.1 cm³/mol. The van der Waals surface area contributed by atoms with Crippen molar-refractivity contribution < 1.29 is 0 Å². The summed E-state index contributed by atoms with van der Waals surface area (Å²) in [5.74, 6) is 1.48. The first-order chi connectivity index (χ1) is 9.38. The van der Waals surface area contributed by atoms with Crippen LogP contribution in [0, 0.1) is 11.8 Å². The van der Waals surface area contributed by atoms with Gasteiger partial charge in [0, 0.05) is 6.54 Å². The first-order valence-electron chi connectivity index (χ1n) is 7.64. The van der Waals surface area contributed by atoms with E-state index in [9.17, 15) is 0 Å². The van der Waals surface area contributed by atoms with Crippen LogP contribution in [0.1, 0.15) is 46.1 Å². The maximum atomic E-state index is 6.11. The number of benzene rings is 1. The molecule has 0 saturated carbocycles. The van der Waals surface area contributed by atoms with Crippen LogP contribution in [0.25, 0.3) is 0 Å². The van der Waals surface area contributed by atoms with Gasteiger partial charge in [0.05, 0.1) is 10.7 Å². The van der Waals surface area contributed by atoms with Gasteiger partial charge in [-0.25, -0.2) is 0 Å². The van der Waals surface area contributed by atoms with Gasteiger partial charge in [-0.1, -0.05) is 45.4 Å². The summed E-state index contributed by atoms with van der Waals surface area (Å²) in [7, 11) is 0. The number of hydrogen-bond acceptors (Lipinski definition) is 2. The number of nitrogen functional groups attached to an aromatic ring is 1. The third-order valence-electron chi connectivity index (χ3n) is 3.52. The number of nitrogens with zero attached hydrogens (tertiary/aromatic N) is 1. The van der Waals surface area contributed by atoms with Crippen LogP contribution in [-0.2, 0) is 6.54 Å². The molecule has 0 spiro atoms. The average Bonchev–Trinajstić information content (AvgIpc) is 2.36. The zero-order chi connectivity index (χ0) is 15.1. The summed E-state index contributed by atoms with van der Waals surface area (Å²) in [5, 5.41) is 0.662. The maximum Gasteiger partial charge on any atom is 0.0638 e. The SMILES string of the molecule is CC(C)CCN(CCC(C)C)Cc1ccc(N)c(Cl)c1. The van der Waals surface area contributed by atoms with Crippen LogP contribution in [0.15, 0.2) is 18.2 Å². The van der Waals surface area contributed by atoms with E-state index in [0.29, 0.717) is 10.7 Å². The summed E-state index contributed by atoms with van der Waals surface area (Å²) in [5.41, 5.74) is 7.68. The molecule has 2 nitrogen and oxygen atoms in total.